The van der Waals surface area contributed by atoms with Crippen LogP contribution in [0.1, 0.15) is 38.3 Å². The Morgan fingerprint density at radius 2 is 1.89 bits per heavy atom. The molecule has 102 valence electrons. The lowest BCUT2D eigenvalue weighted by molar-refractivity contribution is -0.0854. The van der Waals surface area contributed by atoms with Gasteiger partial charge in [0.15, 0.2) is 0 Å². The van der Waals surface area contributed by atoms with Gasteiger partial charge in [0, 0.05) is 19.1 Å². The van der Waals surface area contributed by atoms with E-state index in [1.807, 2.05) is 26.0 Å². The molecule has 1 fully saturated rings. The highest BCUT2D eigenvalue weighted by atomic mass is 16.5. The monoisotopic (exact) mass is 252 g/mol. The van der Waals surface area contributed by atoms with Crippen molar-refractivity contribution >= 4 is 0 Å². The van der Waals surface area contributed by atoms with Crippen LogP contribution in [0, 0.1) is 6.92 Å². The molecular weight excluding hydrogens is 228 g/mol. The van der Waals surface area contributed by atoms with E-state index >= 15 is 0 Å². The molecule has 2 heterocycles. The van der Waals surface area contributed by atoms with Gasteiger partial charge in [-0.05, 0) is 39.8 Å². The quantitative estimate of drug-likeness (QED) is 0.895. The summed E-state index contributed by atoms with van der Waals surface area (Å²) >= 11 is 0. The van der Waals surface area contributed by atoms with Gasteiger partial charge in [0.05, 0.1) is 18.2 Å². The molecule has 4 nitrogen and oxygen atoms in total. The predicted molar refractivity (Wildman–Crippen MR) is 71.4 cm³/mol. The lowest BCUT2D eigenvalue weighted by Crippen LogP contribution is -2.50. The van der Waals surface area contributed by atoms with E-state index in [4.69, 9.17) is 14.9 Å². The Labute approximate surface area is 109 Å². The van der Waals surface area contributed by atoms with Crippen molar-refractivity contribution in [3.8, 4) is 0 Å². The molecule has 4 heteroatoms. The Kier molecular flexibility index (Phi) is 4.10. The highest BCUT2D eigenvalue weighted by molar-refractivity contribution is 5.12. The standard InChI is InChI=1S/C14H24N2O2/c1-9-5-6-13(18-9)14(12(4)15)16-7-10(2)17-11(3)8-16/h5-6,10-12,14H,7-8,15H2,1-4H3. The molecule has 0 spiro atoms. The topological polar surface area (TPSA) is 51.6 Å². The molecule has 0 saturated carbocycles. The summed E-state index contributed by atoms with van der Waals surface area (Å²) in [5.41, 5.74) is 6.16. The lowest BCUT2D eigenvalue weighted by Gasteiger charge is -2.40. The molecule has 4 unspecified atom stereocenters. The Morgan fingerprint density at radius 1 is 1.28 bits per heavy atom. The third-order valence-electron chi connectivity index (χ3n) is 3.39. The fourth-order valence-electron chi connectivity index (χ4n) is 2.83. The Hall–Kier alpha value is -0.840. The molecule has 0 aromatic carbocycles. The Morgan fingerprint density at radius 3 is 2.33 bits per heavy atom. The first-order valence-electron chi connectivity index (χ1n) is 6.68. The van der Waals surface area contributed by atoms with Crippen molar-refractivity contribution in [1.82, 2.24) is 4.90 Å². The highest BCUT2D eigenvalue weighted by Crippen LogP contribution is 2.28. The smallest absolute Gasteiger partial charge is 0.122 e. The average molecular weight is 252 g/mol. The molecule has 1 aliphatic heterocycles. The Bertz CT molecular complexity index is 379. The van der Waals surface area contributed by atoms with Gasteiger partial charge in [-0.15, -0.1) is 0 Å². The summed E-state index contributed by atoms with van der Waals surface area (Å²) in [6.45, 7) is 10.0. The zero-order valence-corrected chi connectivity index (χ0v) is 11.7. The molecule has 2 N–H and O–H groups in total. The van der Waals surface area contributed by atoms with Gasteiger partial charge in [-0.2, -0.15) is 0 Å². The van der Waals surface area contributed by atoms with E-state index in [1.54, 1.807) is 0 Å². The average Bonchev–Trinajstić information content (AvgIpc) is 2.62. The highest BCUT2D eigenvalue weighted by Gasteiger charge is 2.32. The Balaban J connectivity index is 2.19. The van der Waals surface area contributed by atoms with Gasteiger partial charge in [-0.3, -0.25) is 4.90 Å². The number of hydrogen-bond acceptors (Lipinski definition) is 4. The largest absolute Gasteiger partial charge is 0.465 e. The third kappa shape index (κ3) is 2.94. The van der Waals surface area contributed by atoms with E-state index in [-0.39, 0.29) is 24.3 Å². The number of morpholine rings is 1. The number of nitrogens with zero attached hydrogens (tertiary/aromatic N) is 1. The first-order valence-corrected chi connectivity index (χ1v) is 6.68. The number of rotatable bonds is 3. The summed E-state index contributed by atoms with van der Waals surface area (Å²) < 4.78 is 11.5. The molecule has 0 radical (unpaired) electrons. The number of furan rings is 1. The van der Waals surface area contributed by atoms with Gasteiger partial charge in [0.2, 0.25) is 0 Å². The SMILES string of the molecule is Cc1ccc(C(C(C)N)N2CC(C)OC(C)C2)o1. The van der Waals surface area contributed by atoms with Gasteiger partial charge in [0.25, 0.3) is 0 Å². The second kappa shape index (κ2) is 5.43. The van der Waals surface area contributed by atoms with E-state index in [9.17, 15) is 0 Å². The summed E-state index contributed by atoms with van der Waals surface area (Å²) in [4.78, 5) is 2.38. The first kappa shape index (κ1) is 13.6. The van der Waals surface area contributed by atoms with Crippen LogP contribution in [0.3, 0.4) is 0 Å². The van der Waals surface area contributed by atoms with Crippen LogP contribution >= 0.6 is 0 Å². The van der Waals surface area contributed by atoms with E-state index in [2.05, 4.69) is 18.7 Å². The summed E-state index contributed by atoms with van der Waals surface area (Å²) in [6, 6.07) is 4.20. The number of ether oxygens (including phenoxy) is 1. The first-order chi connectivity index (χ1) is 8.47. The van der Waals surface area contributed by atoms with Crippen LogP contribution in [0.5, 0.6) is 0 Å². The minimum absolute atomic E-state index is 0.0352. The van der Waals surface area contributed by atoms with Crippen LogP contribution in [-0.2, 0) is 4.74 Å². The maximum Gasteiger partial charge on any atom is 0.122 e. The predicted octanol–water partition coefficient (Wildman–Crippen LogP) is 2.09. The molecule has 1 aromatic rings. The van der Waals surface area contributed by atoms with Crippen LogP contribution in [0.2, 0.25) is 0 Å². The van der Waals surface area contributed by atoms with Crippen molar-refractivity contribution in [2.45, 2.75) is 52.0 Å². The summed E-state index contributed by atoms with van der Waals surface area (Å²) in [6.07, 6.45) is 0.483. The molecular formula is C14H24N2O2. The van der Waals surface area contributed by atoms with Gasteiger partial charge in [0.1, 0.15) is 11.5 Å². The number of hydrogen-bond donors (Lipinski definition) is 1. The zero-order chi connectivity index (χ0) is 13.3. The second-order valence-corrected chi connectivity index (χ2v) is 5.46. The van der Waals surface area contributed by atoms with Crippen LogP contribution in [0.4, 0.5) is 0 Å². The molecule has 2 rings (SSSR count). The fraction of sp³-hybridized carbons (Fsp3) is 0.714. The van der Waals surface area contributed by atoms with Crippen molar-refractivity contribution in [3.63, 3.8) is 0 Å². The van der Waals surface area contributed by atoms with Crippen LogP contribution in [0.15, 0.2) is 16.5 Å². The maximum atomic E-state index is 6.16. The summed E-state index contributed by atoms with van der Waals surface area (Å²) in [5, 5.41) is 0. The minimum Gasteiger partial charge on any atom is -0.465 e. The summed E-state index contributed by atoms with van der Waals surface area (Å²) in [7, 11) is 0. The molecule has 0 amide bonds. The molecule has 1 saturated heterocycles. The minimum atomic E-state index is 0.0352. The molecule has 1 aliphatic rings. The normalized spacial score (nSPS) is 29.2. The molecule has 0 bridgehead atoms. The van der Waals surface area contributed by atoms with Gasteiger partial charge in [-0.1, -0.05) is 0 Å². The summed E-state index contributed by atoms with van der Waals surface area (Å²) in [5.74, 6) is 1.90. The van der Waals surface area contributed by atoms with Crippen molar-refractivity contribution < 1.29 is 9.15 Å². The van der Waals surface area contributed by atoms with E-state index in [1.165, 1.54) is 0 Å². The third-order valence-corrected chi connectivity index (χ3v) is 3.39. The number of aryl methyl sites for hydroxylation is 1. The van der Waals surface area contributed by atoms with E-state index < -0.39 is 0 Å². The van der Waals surface area contributed by atoms with Crippen LogP contribution < -0.4 is 5.73 Å². The van der Waals surface area contributed by atoms with Crippen molar-refractivity contribution in [2.75, 3.05) is 13.1 Å². The van der Waals surface area contributed by atoms with Gasteiger partial charge < -0.3 is 14.9 Å². The lowest BCUT2D eigenvalue weighted by atomic mass is 10.0. The van der Waals surface area contributed by atoms with E-state index in [0.29, 0.717) is 0 Å². The van der Waals surface area contributed by atoms with Crippen molar-refractivity contribution in [3.05, 3.63) is 23.7 Å². The van der Waals surface area contributed by atoms with Gasteiger partial charge in [-0.25, -0.2) is 0 Å². The molecule has 0 aliphatic carbocycles. The molecule has 4 atom stereocenters. The zero-order valence-electron chi connectivity index (χ0n) is 11.7. The maximum absolute atomic E-state index is 6.16. The van der Waals surface area contributed by atoms with Crippen molar-refractivity contribution in [2.24, 2.45) is 5.73 Å². The molecule has 18 heavy (non-hydrogen) atoms. The van der Waals surface area contributed by atoms with Gasteiger partial charge >= 0.3 is 0 Å². The second-order valence-electron chi connectivity index (χ2n) is 5.46. The van der Waals surface area contributed by atoms with Crippen LogP contribution in [0.25, 0.3) is 0 Å². The van der Waals surface area contributed by atoms with Crippen LogP contribution in [-0.4, -0.2) is 36.2 Å². The molecule has 1 aromatic heterocycles. The number of nitrogens with two attached hydrogens (primary N) is 1. The van der Waals surface area contributed by atoms with Crippen molar-refractivity contribution in [1.29, 1.82) is 0 Å². The fourth-order valence-corrected chi connectivity index (χ4v) is 2.83. The van der Waals surface area contributed by atoms with E-state index in [0.717, 1.165) is 24.6 Å².